The van der Waals surface area contributed by atoms with E-state index >= 15 is 0 Å². The molecular weight excluding hydrogens is 244 g/mol. The predicted octanol–water partition coefficient (Wildman–Crippen LogP) is 4.02. The molecule has 2 N–H and O–H groups in total. The van der Waals surface area contributed by atoms with E-state index in [1.54, 1.807) is 6.92 Å². The van der Waals surface area contributed by atoms with Crippen LogP contribution < -0.4 is 0 Å². The van der Waals surface area contributed by atoms with Gasteiger partial charge >= 0.3 is 11.9 Å². The van der Waals surface area contributed by atoms with E-state index in [2.05, 4.69) is 13.5 Å². The molecule has 0 aromatic heterocycles. The van der Waals surface area contributed by atoms with E-state index in [9.17, 15) is 9.59 Å². The van der Waals surface area contributed by atoms with Crippen molar-refractivity contribution in [3.63, 3.8) is 0 Å². The predicted molar refractivity (Wildman–Crippen MR) is 77.2 cm³/mol. The monoisotopic (exact) mass is 270 g/mol. The fourth-order valence-corrected chi connectivity index (χ4v) is 1.33. The van der Waals surface area contributed by atoms with E-state index in [-0.39, 0.29) is 0 Å². The van der Waals surface area contributed by atoms with Crippen molar-refractivity contribution in [2.75, 3.05) is 0 Å². The molecule has 0 atom stereocenters. The number of carboxylic acids is 2. The van der Waals surface area contributed by atoms with Crippen LogP contribution in [0.4, 0.5) is 0 Å². The zero-order chi connectivity index (χ0) is 15.1. The van der Waals surface area contributed by atoms with Crippen molar-refractivity contribution in [3.05, 3.63) is 24.3 Å². The van der Waals surface area contributed by atoms with E-state index in [0.717, 1.165) is 18.9 Å². The van der Waals surface area contributed by atoms with Gasteiger partial charge in [0.05, 0.1) is 0 Å². The van der Waals surface area contributed by atoms with Crippen LogP contribution in [0, 0.1) is 0 Å². The van der Waals surface area contributed by atoms with Crippen LogP contribution in [0.2, 0.25) is 0 Å². The Balaban J connectivity index is 0. The normalized spacial score (nSPS) is 10.3. The minimum atomic E-state index is -0.981. The van der Waals surface area contributed by atoms with Crippen molar-refractivity contribution in [1.29, 1.82) is 0 Å². The Morgan fingerprint density at radius 2 is 1.53 bits per heavy atom. The van der Waals surface area contributed by atoms with Gasteiger partial charge in [0.2, 0.25) is 0 Å². The first kappa shape index (κ1) is 19.8. The van der Waals surface area contributed by atoms with Crippen LogP contribution in [0.15, 0.2) is 24.3 Å². The molecule has 0 bridgehead atoms. The first-order valence-electron chi connectivity index (χ1n) is 6.71. The van der Waals surface area contributed by atoms with E-state index in [1.807, 2.05) is 6.08 Å². The summed E-state index contributed by atoms with van der Waals surface area (Å²) in [5.41, 5.74) is 0.471. The van der Waals surface area contributed by atoms with Crippen molar-refractivity contribution in [3.8, 4) is 0 Å². The molecule has 0 aliphatic carbocycles. The molecule has 19 heavy (non-hydrogen) atoms. The number of carboxylic acid groups (broad SMARTS) is 2. The molecule has 0 saturated carbocycles. The average Bonchev–Trinajstić information content (AvgIpc) is 2.38. The molecule has 0 aromatic carbocycles. The third-order valence-electron chi connectivity index (χ3n) is 2.52. The smallest absolute Gasteiger partial charge is 0.330 e. The van der Waals surface area contributed by atoms with Crippen molar-refractivity contribution in [2.45, 2.75) is 58.8 Å². The molecule has 0 aliphatic heterocycles. The molecule has 0 saturated heterocycles. The number of carbonyl (C=O) groups is 2. The van der Waals surface area contributed by atoms with Gasteiger partial charge in [-0.2, -0.15) is 0 Å². The molecule has 0 amide bonds. The van der Waals surface area contributed by atoms with Gasteiger partial charge in [0.1, 0.15) is 0 Å². The van der Waals surface area contributed by atoms with Crippen LogP contribution in [-0.4, -0.2) is 22.2 Å². The molecule has 0 aromatic rings. The highest BCUT2D eigenvalue weighted by atomic mass is 16.4. The lowest BCUT2D eigenvalue weighted by Crippen LogP contribution is -1.95. The molecule has 0 radical (unpaired) electrons. The third kappa shape index (κ3) is 19.0. The zero-order valence-corrected chi connectivity index (χ0v) is 12.0. The van der Waals surface area contributed by atoms with E-state index in [0.29, 0.717) is 5.57 Å². The van der Waals surface area contributed by atoms with Gasteiger partial charge in [0.25, 0.3) is 0 Å². The number of hydrogen-bond donors (Lipinski definition) is 2. The van der Waals surface area contributed by atoms with Crippen molar-refractivity contribution in [1.82, 2.24) is 0 Å². The molecule has 4 heteroatoms. The van der Waals surface area contributed by atoms with Crippen LogP contribution in [-0.2, 0) is 9.59 Å². The van der Waals surface area contributed by atoms with Crippen LogP contribution in [0.25, 0.3) is 0 Å². The minimum Gasteiger partial charge on any atom is -0.478 e. The van der Waals surface area contributed by atoms with Crippen molar-refractivity contribution in [2.24, 2.45) is 0 Å². The summed E-state index contributed by atoms with van der Waals surface area (Å²) in [5.74, 6) is -1.78. The summed E-state index contributed by atoms with van der Waals surface area (Å²) >= 11 is 0. The van der Waals surface area contributed by atoms with Crippen LogP contribution in [0.1, 0.15) is 58.8 Å². The van der Waals surface area contributed by atoms with E-state index in [4.69, 9.17) is 10.2 Å². The molecular formula is C15H26O4. The van der Waals surface area contributed by atoms with Gasteiger partial charge in [-0.3, -0.25) is 0 Å². The Morgan fingerprint density at radius 3 is 1.95 bits per heavy atom. The van der Waals surface area contributed by atoms with E-state index < -0.39 is 11.9 Å². The summed E-state index contributed by atoms with van der Waals surface area (Å²) in [6, 6.07) is 0. The Bertz CT molecular complexity index is 293. The van der Waals surface area contributed by atoms with Crippen LogP contribution >= 0.6 is 0 Å². The lowest BCUT2D eigenvalue weighted by molar-refractivity contribution is -0.133. The Morgan fingerprint density at radius 1 is 1.05 bits per heavy atom. The lowest BCUT2D eigenvalue weighted by atomic mass is 10.1. The highest BCUT2D eigenvalue weighted by molar-refractivity contribution is 5.85. The molecule has 0 spiro atoms. The van der Waals surface area contributed by atoms with Gasteiger partial charge in [-0.05, 0) is 19.8 Å². The summed E-state index contributed by atoms with van der Waals surface area (Å²) in [7, 11) is 0. The summed E-state index contributed by atoms with van der Waals surface area (Å²) in [5, 5.41) is 16.2. The topological polar surface area (TPSA) is 74.6 Å². The zero-order valence-electron chi connectivity index (χ0n) is 12.0. The first-order valence-corrected chi connectivity index (χ1v) is 6.71. The highest BCUT2D eigenvalue weighted by Gasteiger charge is 1.97. The fourth-order valence-electron chi connectivity index (χ4n) is 1.33. The summed E-state index contributed by atoms with van der Waals surface area (Å²) in [6.45, 7) is 6.82. The number of rotatable bonds is 9. The molecule has 0 heterocycles. The molecule has 0 rings (SSSR count). The average molecular weight is 270 g/mol. The Kier molecular flexibility index (Phi) is 15.1. The molecule has 110 valence electrons. The van der Waals surface area contributed by atoms with E-state index in [1.165, 1.54) is 32.1 Å². The van der Waals surface area contributed by atoms with Gasteiger partial charge in [-0.25, -0.2) is 9.59 Å². The van der Waals surface area contributed by atoms with Gasteiger partial charge < -0.3 is 10.2 Å². The van der Waals surface area contributed by atoms with Crippen molar-refractivity contribution < 1.29 is 19.8 Å². The summed E-state index contributed by atoms with van der Waals surface area (Å²) < 4.78 is 0. The number of unbranched alkanes of at least 4 members (excludes halogenated alkanes) is 6. The second kappa shape index (κ2) is 14.5. The lowest BCUT2D eigenvalue weighted by Gasteiger charge is -1.98. The van der Waals surface area contributed by atoms with Crippen LogP contribution in [0.5, 0.6) is 0 Å². The van der Waals surface area contributed by atoms with Gasteiger partial charge in [-0.1, -0.05) is 51.7 Å². The second-order valence-corrected chi connectivity index (χ2v) is 4.29. The minimum absolute atomic E-state index is 0.471. The number of aliphatic carboxylic acids is 2. The standard InChI is InChI=1S/C12H22O2.C3H4O2/c1-3-4-5-6-7-8-9-10-11(2)12(13)14;1-2-3(4)5/h10H,3-9H2,1-2H3,(H,13,14);2H,1H2,(H,4,5). The SMILES string of the molecule is C=CC(=O)O.CCCCCCCCC=C(C)C(=O)O. The van der Waals surface area contributed by atoms with Gasteiger partial charge in [-0.15, -0.1) is 0 Å². The maximum Gasteiger partial charge on any atom is 0.330 e. The van der Waals surface area contributed by atoms with Gasteiger partial charge in [0, 0.05) is 11.6 Å². The number of hydrogen-bond acceptors (Lipinski definition) is 2. The van der Waals surface area contributed by atoms with Crippen LogP contribution in [0.3, 0.4) is 0 Å². The quantitative estimate of drug-likeness (QED) is 0.490. The molecule has 0 unspecified atom stereocenters. The maximum absolute atomic E-state index is 10.4. The fraction of sp³-hybridized carbons (Fsp3) is 0.600. The number of allylic oxidation sites excluding steroid dienone is 1. The summed E-state index contributed by atoms with van der Waals surface area (Å²) in [6.07, 6.45) is 11.1. The molecule has 4 nitrogen and oxygen atoms in total. The maximum atomic E-state index is 10.4. The van der Waals surface area contributed by atoms with Gasteiger partial charge in [0.15, 0.2) is 0 Å². The third-order valence-corrected chi connectivity index (χ3v) is 2.52. The first-order chi connectivity index (χ1) is 8.95. The second-order valence-electron chi connectivity index (χ2n) is 4.29. The Labute approximate surface area is 115 Å². The molecule has 0 fully saturated rings. The van der Waals surface area contributed by atoms with Crippen molar-refractivity contribution >= 4 is 11.9 Å². The largest absolute Gasteiger partial charge is 0.478 e. The highest BCUT2D eigenvalue weighted by Crippen LogP contribution is 2.08. The Hall–Kier alpha value is -1.58. The molecule has 0 aliphatic rings. The summed E-state index contributed by atoms with van der Waals surface area (Å²) in [4.78, 5) is 19.7.